The molecule has 0 N–H and O–H groups in total. The van der Waals surface area contributed by atoms with Gasteiger partial charge in [-0.05, 0) is 139 Å². The van der Waals surface area contributed by atoms with Crippen molar-refractivity contribution < 1.29 is 93.4 Å². The molecule has 510 valence electrons. The average molecular weight is 1290 g/mol. The van der Waals surface area contributed by atoms with Crippen molar-refractivity contribution in [1.82, 2.24) is 0 Å². The molecule has 91 heavy (non-hydrogen) atoms. The topological polar surface area (TPSA) is 185 Å². The standard InChI is InChI=1S/C35H58O5.C18H21F3O5.C18H22F2O5/c1-5-7-8-9-10-11-12-13-14-15-16-17-18-19-20-21-28-38-32-25-22-31(23-26-32)24-27-33(36)39-29-30-40-34(37)35(3,4)6-2;1-4-17(2,3)16(23)25-12-11-24-15(22)10-7-13-5-8-14(9-6-13)26-18(19,20)21;1-4-18(2,3)16(22)24-12-11-23-15(21)10-7-13-5-8-14(9-6-13)25-17(19)20/h22-27H,5-21,28-30H2,1-4H3;5-10H,4,11-12H2,1-3H3;5-10,17H,4,11-12H2,1-3H3/b27-24+;2*10-7+. The third-order valence-electron chi connectivity index (χ3n) is 14.6. The predicted molar refractivity (Wildman–Crippen MR) is 343 cm³/mol. The number of rotatable bonds is 42. The van der Waals surface area contributed by atoms with Gasteiger partial charge in [-0.1, -0.05) is 160 Å². The second-order valence-electron chi connectivity index (χ2n) is 23.4. The van der Waals surface area contributed by atoms with Crippen LogP contribution >= 0.6 is 0 Å². The smallest absolute Gasteiger partial charge is 0.494 e. The molecule has 0 amide bonds. The van der Waals surface area contributed by atoms with Gasteiger partial charge in [0.1, 0.15) is 56.9 Å². The number of halogens is 5. The summed E-state index contributed by atoms with van der Waals surface area (Å²) in [5, 5.41) is 0. The summed E-state index contributed by atoms with van der Waals surface area (Å²) in [6.07, 6.45) is 27.3. The summed E-state index contributed by atoms with van der Waals surface area (Å²) in [4.78, 5) is 70.3. The van der Waals surface area contributed by atoms with E-state index in [9.17, 15) is 50.7 Å². The minimum absolute atomic E-state index is 0.0124. The Morgan fingerprint density at radius 1 is 0.374 bits per heavy atom. The van der Waals surface area contributed by atoms with Crippen molar-refractivity contribution >= 4 is 54.0 Å². The summed E-state index contributed by atoms with van der Waals surface area (Å²) in [7, 11) is 0. The van der Waals surface area contributed by atoms with Gasteiger partial charge in [-0.15, -0.1) is 13.2 Å². The van der Waals surface area contributed by atoms with Gasteiger partial charge in [0.25, 0.3) is 0 Å². The molecule has 0 bridgehead atoms. The lowest BCUT2D eigenvalue weighted by Gasteiger charge is -2.20. The molecule has 0 fully saturated rings. The van der Waals surface area contributed by atoms with Crippen LogP contribution in [-0.2, 0) is 57.2 Å². The number of carbonyl (C=O) groups excluding carboxylic acids is 6. The van der Waals surface area contributed by atoms with Gasteiger partial charge in [0.15, 0.2) is 0 Å². The second kappa shape index (κ2) is 46.8. The molecule has 3 rings (SSSR count). The van der Waals surface area contributed by atoms with E-state index < -0.39 is 47.1 Å². The number of unbranched alkanes of at least 4 members (excludes halogenated alkanes) is 15. The zero-order valence-corrected chi connectivity index (χ0v) is 55.4. The fourth-order valence-electron chi connectivity index (χ4n) is 7.54. The van der Waals surface area contributed by atoms with Gasteiger partial charge in [0, 0.05) is 18.2 Å². The summed E-state index contributed by atoms with van der Waals surface area (Å²) in [5.74, 6) is -2.18. The number of alkyl halides is 5. The Hall–Kier alpha value is -7.25. The Bertz CT molecular complexity index is 2590. The Morgan fingerprint density at radius 3 is 0.934 bits per heavy atom. The highest BCUT2D eigenvalue weighted by molar-refractivity contribution is 5.88. The fourth-order valence-corrected chi connectivity index (χ4v) is 7.54. The van der Waals surface area contributed by atoms with E-state index in [1.165, 1.54) is 157 Å². The minimum Gasteiger partial charge on any atom is -0.494 e. The third-order valence-corrected chi connectivity index (χ3v) is 14.6. The zero-order chi connectivity index (χ0) is 68.0. The zero-order valence-electron chi connectivity index (χ0n) is 55.4. The normalized spacial score (nSPS) is 11.7. The van der Waals surface area contributed by atoms with E-state index in [0.717, 1.165) is 42.5 Å². The summed E-state index contributed by atoms with van der Waals surface area (Å²) < 4.78 is 104. The molecule has 0 spiro atoms. The first kappa shape index (κ1) is 81.8. The van der Waals surface area contributed by atoms with Crippen LogP contribution in [0.2, 0.25) is 0 Å². The molecule has 0 aliphatic heterocycles. The van der Waals surface area contributed by atoms with Gasteiger partial charge >= 0.3 is 48.8 Å². The molecule has 0 aliphatic carbocycles. The van der Waals surface area contributed by atoms with Crippen molar-refractivity contribution in [3.8, 4) is 17.2 Å². The number of carbonyl (C=O) groups is 6. The van der Waals surface area contributed by atoms with Crippen LogP contribution in [0.4, 0.5) is 22.0 Å². The van der Waals surface area contributed by atoms with Gasteiger partial charge in [0.05, 0.1) is 22.9 Å². The van der Waals surface area contributed by atoms with Crippen LogP contribution in [0, 0.1) is 16.2 Å². The van der Waals surface area contributed by atoms with Gasteiger partial charge in [-0.25, -0.2) is 14.4 Å². The highest BCUT2D eigenvalue weighted by Crippen LogP contribution is 2.26. The summed E-state index contributed by atoms with van der Waals surface area (Å²) in [6, 6.07) is 18.5. The largest absolute Gasteiger partial charge is 0.573 e. The molecule has 20 heteroatoms. The Balaban J connectivity index is 0.000000711. The maximum Gasteiger partial charge on any atom is 0.573 e. The molecule has 0 unspecified atom stereocenters. The first-order valence-electron chi connectivity index (χ1n) is 31.9. The molecule has 0 heterocycles. The van der Waals surface area contributed by atoms with E-state index in [1.54, 1.807) is 33.8 Å². The molecule has 0 aliphatic rings. The van der Waals surface area contributed by atoms with Crippen molar-refractivity contribution in [1.29, 1.82) is 0 Å². The molecule has 0 saturated carbocycles. The van der Waals surface area contributed by atoms with Crippen LogP contribution in [0.5, 0.6) is 17.2 Å². The van der Waals surface area contributed by atoms with E-state index in [4.69, 9.17) is 33.2 Å². The predicted octanol–water partition coefficient (Wildman–Crippen LogP) is 17.8. The van der Waals surface area contributed by atoms with Crippen LogP contribution in [0.25, 0.3) is 18.2 Å². The first-order chi connectivity index (χ1) is 43.2. The molecular weight excluding hydrogens is 1190 g/mol. The molecule has 0 saturated heterocycles. The van der Waals surface area contributed by atoms with E-state index in [2.05, 4.69) is 16.4 Å². The van der Waals surface area contributed by atoms with E-state index in [-0.39, 0.29) is 69.0 Å². The number of hydrogen-bond donors (Lipinski definition) is 0. The van der Waals surface area contributed by atoms with Crippen molar-refractivity contribution in [2.45, 2.75) is 204 Å². The molecule has 15 nitrogen and oxygen atoms in total. The van der Waals surface area contributed by atoms with Gasteiger partial charge in [-0.3, -0.25) is 14.4 Å². The maximum atomic E-state index is 12.1. The van der Waals surface area contributed by atoms with E-state index >= 15 is 0 Å². The lowest BCUT2D eigenvalue weighted by molar-refractivity contribution is -0.274. The summed E-state index contributed by atoms with van der Waals surface area (Å²) in [6.45, 7) is 16.5. The number of esters is 6. The highest BCUT2D eigenvalue weighted by Gasteiger charge is 2.31. The Morgan fingerprint density at radius 2 is 0.648 bits per heavy atom. The minimum atomic E-state index is -4.75. The Labute approximate surface area is 537 Å². The summed E-state index contributed by atoms with van der Waals surface area (Å²) >= 11 is 0. The quantitative estimate of drug-likeness (QED) is 0.0171. The summed E-state index contributed by atoms with van der Waals surface area (Å²) in [5.41, 5.74) is 0.326. The van der Waals surface area contributed by atoms with Crippen molar-refractivity contribution in [3.05, 3.63) is 108 Å². The average Bonchev–Trinajstić information content (AvgIpc) is 3.41. The van der Waals surface area contributed by atoms with E-state index in [1.807, 2.05) is 58.9 Å². The van der Waals surface area contributed by atoms with Crippen molar-refractivity contribution in [3.63, 3.8) is 0 Å². The first-order valence-corrected chi connectivity index (χ1v) is 31.9. The molecular formula is C71H101F5O15. The Kier molecular flexibility index (Phi) is 42.0. The molecule has 0 aromatic heterocycles. The van der Waals surface area contributed by atoms with Crippen LogP contribution < -0.4 is 14.2 Å². The lowest BCUT2D eigenvalue weighted by Crippen LogP contribution is -2.27. The monoisotopic (exact) mass is 1290 g/mol. The van der Waals surface area contributed by atoms with Crippen LogP contribution in [0.15, 0.2) is 91.0 Å². The SMILES string of the molecule is CCC(C)(C)C(=O)OCCOC(=O)/C=C/c1ccc(OC(F)(F)F)cc1.CCC(C)(C)C(=O)OCCOC(=O)/C=C/c1ccc(OC(F)F)cc1.CCCCCCCCCCCCCCCCCCOc1ccc(/C=C/C(=O)OCCOC(=O)C(C)(C)CC)cc1. The van der Waals surface area contributed by atoms with Gasteiger partial charge in [-0.2, -0.15) is 8.78 Å². The van der Waals surface area contributed by atoms with Crippen LogP contribution in [0.1, 0.15) is 208 Å². The number of benzene rings is 3. The highest BCUT2D eigenvalue weighted by atomic mass is 19.4. The lowest BCUT2D eigenvalue weighted by atomic mass is 9.91. The van der Waals surface area contributed by atoms with E-state index in [0.29, 0.717) is 30.4 Å². The third kappa shape index (κ3) is 41.7. The van der Waals surface area contributed by atoms with Crippen LogP contribution in [0.3, 0.4) is 0 Å². The maximum absolute atomic E-state index is 12.1. The van der Waals surface area contributed by atoms with Crippen molar-refractivity contribution in [2.75, 3.05) is 46.2 Å². The number of hydrogen-bond acceptors (Lipinski definition) is 15. The number of ether oxygens (including phenoxy) is 9. The van der Waals surface area contributed by atoms with Gasteiger partial charge in [0.2, 0.25) is 0 Å². The van der Waals surface area contributed by atoms with Crippen LogP contribution in [-0.4, -0.2) is 95.0 Å². The molecule has 3 aromatic carbocycles. The van der Waals surface area contributed by atoms with Gasteiger partial charge < -0.3 is 42.6 Å². The molecule has 0 radical (unpaired) electrons. The molecule has 3 aromatic rings. The van der Waals surface area contributed by atoms with Crippen molar-refractivity contribution in [2.24, 2.45) is 16.2 Å². The second-order valence-corrected chi connectivity index (χ2v) is 23.4. The molecule has 0 atom stereocenters. The fraction of sp³-hybridized carbons (Fsp3) is 0.577.